The van der Waals surface area contributed by atoms with E-state index in [0.29, 0.717) is 41.8 Å². The van der Waals surface area contributed by atoms with Crippen LogP contribution in [0.5, 0.6) is 11.5 Å². The first-order valence-corrected chi connectivity index (χ1v) is 12.0. The number of nitrogens with one attached hydrogen (secondary N) is 2. The third kappa shape index (κ3) is 6.48. The zero-order valence-electron chi connectivity index (χ0n) is 20.3. The van der Waals surface area contributed by atoms with E-state index >= 15 is 0 Å². The molecule has 0 bridgehead atoms. The Morgan fingerprint density at radius 3 is 2.61 bits per heavy atom. The fourth-order valence-corrected chi connectivity index (χ4v) is 4.28. The third-order valence-corrected chi connectivity index (χ3v) is 6.38. The standard InChI is InChI=1S/C25H37N5O3/c1-17(2)30-14-20(15-30)16-33-22-11-25(27-13-23(22)31-4)29-21-9-18(3)28-24(10-21)26-12-19-5-7-32-8-6-19/h9-11,13,17,19-20H,5-8,12,14-16H2,1-4H3,(H2,26,27,28,29). The summed E-state index contributed by atoms with van der Waals surface area (Å²) in [5.74, 6) is 4.11. The third-order valence-electron chi connectivity index (χ3n) is 6.38. The minimum absolute atomic E-state index is 0.550. The molecule has 0 atom stereocenters. The summed E-state index contributed by atoms with van der Waals surface area (Å²) < 4.78 is 17.0. The number of rotatable bonds is 10. The summed E-state index contributed by atoms with van der Waals surface area (Å²) in [6.07, 6.45) is 3.90. The van der Waals surface area contributed by atoms with Gasteiger partial charge in [0.15, 0.2) is 11.5 Å². The highest BCUT2D eigenvalue weighted by Crippen LogP contribution is 2.31. The van der Waals surface area contributed by atoms with Crippen molar-refractivity contribution in [1.82, 2.24) is 14.9 Å². The summed E-state index contributed by atoms with van der Waals surface area (Å²) in [4.78, 5) is 11.6. The molecule has 2 aliphatic heterocycles. The molecule has 0 amide bonds. The molecular weight excluding hydrogens is 418 g/mol. The van der Waals surface area contributed by atoms with E-state index in [1.165, 1.54) is 0 Å². The maximum Gasteiger partial charge on any atom is 0.179 e. The lowest BCUT2D eigenvalue weighted by Crippen LogP contribution is -2.52. The van der Waals surface area contributed by atoms with Gasteiger partial charge in [0.25, 0.3) is 0 Å². The van der Waals surface area contributed by atoms with Gasteiger partial charge >= 0.3 is 0 Å². The van der Waals surface area contributed by atoms with Crippen molar-refractivity contribution in [3.05, 3.63) is 30.1 Å². The highest BCUT2D eigenvalue weighted by molar-refractivity contribution is 5.63. The maximum atomic E-state index is 6.13. The van der Waals surface area contributed by atoms with Crippen molar-refractivity contribution in [1.29, 1.82) is 0 Å². The molecule has 2 N–H and O–H groups in total. The number of anilines is 3. The van der Waals surface area contributed by atoms with E-state index in [9.17, 15) is 0 Å². The molecule has 0 aromatic carbocycles. The number of methoxy groups -OCH3 is 1. The number of hydrogen-bond donors (Lipinski definition) is 2. The molecule has 2 fully saturated rings. The van der Waals surface area contributed by atoms with Gasteiger partial charge in [0.1, 0.15) is 11.6 Å². The Bertz CT molecular complexity index is 911. The van der Waals surface area contributed by atoms with Crippen LogP contribution in [0.15, 0.2) is 24.4 Å². The number of aryl methyl sites for hydroxylation is 1. The van der Waals surface area contributed by atoms with Crippen molar-refractivity contribution in [2.45, 2.75) is 39.7 Å². The molecule has 2 aromatic rings. The van der Waals surface area contributed by atoms with Crippen molar-refractivity contribution < 1.29 is 14.2 Å². The molecule has 2 aromatic heterocycles. The van der Waals surface area contributed by atoms with E-state index in [2.05, 4.69) is 39.3 Å². The largest absolute Gasteiger partial charge is 0.491 e. The van der Waals surface area contributed by atoms with Crippen LogP contribution >= 0.6 is 0 Å². The maximum absolute atomic E-state index is 6.13. The van der Waals surface area contributed by atoms with Gasteiger partial charge in [-0.05, 0) is 45.6 Å². The van der Waals surface area contributed by atoms with E-state index in [0.717, 1.165) is 62.9 Å². The Hall–Kier alpha value is -2.58. The SMILES string of the molecule is COc1cnc(Nc2cc(C)nc(NCC3CCOCC3)c2)cc1OCC1CN(C(C)C)C1. The summed E-state index contributed by atoms with van der Waals surface area (Å²) in [5, 5.41) is 6.89. The molecule has 2 saturated heterocycles. The lowest BCUT2D eigenvalue weighted by molar-refractivity contribution is 0.0369. The minimum atomic E-state index is 0.550. The van der Waals surface area contributed by atoms with Gasteiger partial charge in [0, 0.05) is 68.3 Å². The highest BCUT2D eigenvalue weighted by Gasteiger charge is 2.29. The summed E-state index contributed by atoms with van der Waals surface area (Å²) in [5.41, 5.74) is 1.88. The molecule has 0 aliphatic carbocycles. The van der Waals surface area contributed by atoms with Gasteiger partial charge in [-0.25, -0.2) is 9.97 Å². The van der Waals surface area contributed by atoms with Gasteiger partial charge in [-0.3, -0.25) is 0 Å². The van der Waals surface area contributed by atoms with Crippen LogP contribution in [-0.4, -0.2) is 67.5 Å². The van der Waals surface area contributed by atoms with Crippen LogP contribution in [-0.2, 0) is 4.74 Å². The Labute approximate surface area is 197 Å². The van der Waals surface area contributed by atoms with Gasteiger partial charge in [-0.2, -0.15) is 0 Å². The zero-order chi connectivity index (χ0) is 23.2. The zero-order valence-corrected chi connectivity index (χ0v) is 20.3. The number of pyridine rings is 2. The summed E-state index contributed by atoms with van der Waals surface area (Å²) in [6.45, 7) is 11.9. The molecule has 0 spiro atoms. The molecule has 180 valence electrons. The number of aromatic nitrogens is 2. The number of nitrogens with zero attached hydrogens (tertiary/aromatic N) is 3. The fraction of sp³-hybridized carbons (Fsp3) is 0.600. The smallest absolute Gasteiger partial charge is 0.179 e. The molecule has 2 aliphatic rings. The molecule has 4 heterocycles. The van der Waals surface area contributed by atoms with Crippen LogP contribution in [0, 0.1) is 18.8 Å². The van der Waals surface area contributed by atoms with Crippen LogP contribution in [0.25, 0.3) is 0 Å². The van der Waals surface area contributed by atoms with Gasteiger partial charge in [-0.15, -0.1) is 0 Å². The summed E-state index contributed by atoms with van der Waals surface area (Å²) in [7, 11) is 1.64. The topological polar surface area (TPSA) is 80.8 Å². The average Bonchev–Trinajstić information content (AvgIpc) is 2.77. The number of ether oxygens (including phenoxy) is 3. The van der Waals surface area contributed by atoms with Crippen LogP contribution in [0.3, 0.4) is 0 Å². The van der Waals surface area contributed by atoms with Gasteiger partial charge < -0.3 is 29.7 Å². The highest BCUT2D eigenvalue weighted by atomic mass is 16.5. The lowest BCUT2D eigenvalue weighted by Gasteiger charge is -2.41. The minimum Gasteiger partial charge on any atom is -0.491 e. The predicted octanol–water partition coefficient (Wildman–Crippen LogP) is 4.09. The van der Waals surface area contributed by atoms with Crippen molar-refractivity contribution in [3.63, 3.8) is 0 Å². The van der Waals surface area contributed by atoms with Gasteiger partial charge in [0.05, 0.1) is 19.9 Å². The molecule has 4 rings (SSSR count). The van der Waals surface area contributed by atoms with Crippen LogP contribution in [0.2, 0.25) is 0 Å². The monoisotopic (exact) mass is 455 g/mol. The Morgan fingerprint density at radius 1 is 1.09 bits per heavy atom. The van der Waals surface area contributed by atoms with Gasteiger partial charge in [-0.1, -0.05) is 0 Å². The van der Waals surface area contributed by atoms with Crippen LogP contribution < -0.4 is 20.1 Å². The van der Waals surface area contributed by atoms with Crippen molar-refractivity contribution >= 4 is 17.3 Å². The summed E-state index contributed by atoms with van der Waals surface area (Å²) in [6, 6.07) is 6.53. The summed E-state index contributed by atoms with van der Waals surface area (Å²) >= 11 is 0. The van der Waals surface area contributed by atoms with E-state index < -0.39 is 0 Å². The quantitative estimate of drug-likeness (QED) is 0.554. The number of hydrogen-bond acceptors (Lipinski definition) is 8. The van der Waals surface area contributed by atoms with Crippen LogP contribution in [0.4, 0.5) is 17.3 Å². The molecule has 8 nitrogen and oxygen atoms in total. The van der Waals surface area contributed by atoms with E-state index in [-0.39, 0.29) is 0 Å². The van der Waals surface area contributed by atoms with E-state index in [1.54, 1.807) is 13.3 Å². The fourth-order valence-electron chi connectivity index (χ4n) is 4.28. The Balaban J connectivity index is 1.37. The second-order valence-corrected chi connectivity index (χ2v) is 9.39. The van der Waals surface area contributed by atoms with Crippen molar-refractivity contribution in [3.8, 4) is 11.5 Å². The van der Waals surface area contributed by atoms with Gasteiger partial charge in [0.2, 0.25) is 0 Å². The molecule has 0 unspecified atom stereocenters. The first-order chi connectivity index (χ1) is 16.0. The average molecular weight is 456 g/mol. The Kier molecular flexibility index (Phi) is 7.88. The van der Waals surface area contributed by atoms with Crippen LogP contribution in [0.1, 0.15) is 32.4 Å². The molecular formula is C25H37N5O3. The second-order valence-electron chi connectivity index (χ2n) is 9.39. The normalized spacial score (nSPS) is 17.6. The molecule has 8 heteroatoms. The lowest BCUT2D eigenvalue weighted by atomic mass is 9.99. The van der Waals surface area contributed by atoms with Crippen molar-refractivity contribution in [2.75, 3.05) is 57.2 Å². The molecule has 33 heavy (non-hydrogen) atoms. The predicted molar refractivity (Wildman–Crippen MR) is 131 cm³/mol. The molecule has 0 radical (unpaired) electrons. The first-order valence-electron chi connectivity index (χ1n) is 12.0. The van der Waals surface area contributed by atoms with Crippen molar-refractivity contribution in [2.24, 2.45) is 11.8 Å². The Morgan fingerprint density at radius 2 is 1.88 bits per heavy atom. The molecule has 0 saturated carbocycles. The van der Waals surface area contributed by atoms with E-state index in [1.807, 2.05) is 25.1 Å². The second kappa shape index (κ2) is 11.0. The van der Waals surface area contributed by atoms with E-state index in [4.69, 9.17) is 14.2 Å². The first kappa shape index (κ1) is 23.6. The number of likely N-dealkylation sites (tertiary alicyclic amines) is 1.